The molecule has 0 aliphatic heterocycles. The van der Waals surface area contributed by atoms with Crippen molar-refractivity contribution in [3.63, 3.8) is 0 Å². The minimum atomic E-state index is -3.35. The molecule has 102 valence electrons. The highest BCUT2D eigenvalue weighted by Crippen LogP contribution is 2.27. The van der Waals surface area contributed by atoms with Crippen molar-refractivity contribution in [1.29, 1.82) is 0 Å². The van der Waals surface area contributed by atoms with E-state index in [9.17, 15) is 8.42 Å². The fourth-order valence-corrected chi connectivity index (χ4v) is 4.38. The van der Waals surface area contributed by atoms with E-state index >= 15 is 0 Å². The second kappa shape index (κ2) is 5.28. The quantitative estimate of drug-likeness (QED) is 0.871. The number of nitrogens with zero attached hydrogens (tertiary/aromatic N) is 1. The van der Waals surface area contributed by atoms with Crippen molar-refractivity contribution in [2.75, 3.05) is 7.05 Å². The van der Waals surface area contributed by atoms with Gasteiger partial charge in [-0.1, -0.05) is 0 Å². The van der Waals surface area contributed by atoms with Crippen LogP contribution in [0.2, 0.25) is 0 Å². The second-order valence-corrected chi connectivity index (χ2v) is 7.94. The maximum Gasteiger partial charge on any atom is 0.244 e. The maximum atomic E-state index is 12.4. The van der Waals surface area contributed by atoms with Crippen molar-refractivity contribution in [1.82, 2.24) is 9.62 Å². The lowest BCUT2D eigenvalue weighted by Crippen LogP contribution is -2.33. The molecule has 1 aromatic heterocycles. The van der Waals surface area contributed by atoms with E-state index in [-0.39, 0.29) is 6.04 Å². The normalized spacial score (nSPS) is 16.7. The number of thiophene rings is 1. The lowest BCUT2D eigenvalue weighted by atomic mass is 10.4. The molecule has 0 radical (unpaired) electrons. The molecule has 2 rings (SSSR count). The molecule has 0 aromatic carbocycles. The summed E-state index contributed by atoms with van der Waals surface area (Å²) in [7, 11) is -1.71. The van der Waals surface area contributed by atoms with Gasteiger partial charge in [-0.2, -0.15) is 4.31 Å². The van der Waals surface area contributed by atoms with Crippen molar-refractivity contribution in [3.8, 4) is 0 Å². The third-order valence-corrected chi connectivity index (χ3v) is 6.39. The van der Waals surface area contributed by atoms with Crippen molar-refractivity contribution in [2.24, 2.45) is 0 Å². The van der Waals surface area contributed by atoms with Gasteiger partial charge in [0.15, 0.2) is 0 Å². The fourth-order valence-electron chi connectivity index (χ4n) is 1.64. The van der Waals surface area contributed by atoms with Crippen LogP contribution in [0.15, 0.2) is 16.3 Å². The highest BCUT2D eigenvalue weighted by atomic mass is 32.2. The van der Waals surface area contributed by atoms with Gasteiger partial charge >= 0.3 is 0 Å². The van der Waals surface area contributed by atoms with E-state index in [1.54, 1.807) is 13.1 Å². The summed E-state index contributed by atoms with van der Waals surface area (Å²) in [6, 6.07) is 2.27. The highest BCUT2D eigenvalue weighted by Gasteiger charge is 2.27. The minimum Gasteiger partial charge on any atom is -0.309 e. The lowest BCUT2D eigenvalue weighted by molar-refractivity contribution is 0.410. The first kappa shape index (κ1) is 14.0. The van der Waals surface area contributed by atoms with Gasteiger partial charge in [-0.15, -0.1) is 11.3 Å². The molecule has 0 unspecified atom stereocenters. The Morgan fingerprint density at radius 2 is 2.17 bits per heavy atom. The molecule has 0 atom stereocenters. The van der Waals surface area contributed by atoms with Gasteiger partial charge in [0, 0.05) is 30.6 Å². The van der Waals surface area contributed by atoms with Gasteiger partial charge in [0.25, 0.3) is 0 Å². The molecule has 1 aliphatic rings. The first-order valence-electron chi connectivity index (χ1n) is 6.20. The SMILES string of the molecule is CC(C)N(C)S(=O)(=O)c1ccsc1CNC1CC1. The van der Waals surface area contributed by atoms with Crippen molar-refractivity contribution in [2.45, 2.75) is 50.2 Å². The van der Waals surface area contributed by atoms with Crippen molar-refractivity contribution >= 4 is 21.4 Å². The molecule has 0 bridgehead atoms. The minimum absolute atomic E-state index is 0.0286. The largest absolute Gasteiger partial charge is 0.309 e. The molecule has 1 aromatic rings. The summed E-state index contributed by atoms with van der Waals surface area (Å²) >= 11 is 1.51. The van der Waals surface area contributed by atoms with Gasteiger partial charge in [-0.3, -0.25) is 0 Å². The molecule has 0 saturated heterocycles. The second-order valence-electron chi connectivity index (χ2n) is 4.98. The van der Waals surface area contributed by atoms with Crippen LogP contribution < -0.4 is 5.32 Å². The Balaban J connectivity index is 2.18. The van der Waals surface area contributed by atoms with Crippen LogP contribution >= 0.6 is 11.3 Å². The molecule has 1 saturated carbocycles. The first-order chi connectivity index (χ1) is 8.43. The first-order valence-corrected chi connectivity index (χ1v) is 8.52. The highest BCUT2D eigenvalue weighted by molar-refractivity contribution is 7.89. The molecule has 0 spiro atoms. The Morgan fingerprint density at radius 3 is 2.72 bits per heavy atom. The van der Waals surface area contributed by atoms with Crippen molar-refractivity contribution < 1.29 is 8.42 Å². The van der Waals surface area contributed by atoms with E-state index in [0.717, 1.165) is 4.88 Å². The molecule has 1 N–H and O–H groups in total. The van der Waals surface area contributed by atoms with Crippen LogP contribution in [0.1, 0.15) is 31.6 Å². The smallest absolute Gasteiger partial charge is 0.244 e. The van der Waals surface area contributed by atoms with Crippen LogP contribution in [0.5, 0.6) is 0 Å². The molecular formula is C12H20N2O2S2. The Bertz CT molecular complexity index is 504. The number of hydrogen-bond donors (Lipinski definition) is 1. The Labute approximate surface area is 113 Å². The number of sulfonamides is 1. The number of hydrogen-bond acceptors (Lipinski definition) is 4. The Morgan fingerprint density at radius 1 is 1.50 bits per heavy atom. The molecule has 1 aliphatic carbocycles. The third kappa shape index (κ3) is 2.93. The molecule has 4 nitrogen and oxygen atoms in total. The third-order valence-electron chi connectivity index (χ3n) is 3.22. The number of rotatable bonds is 6. The van der Waals surface area contributed by atoms with E-state index in [1.165, 1.54) is 28.5 Å². The van der Waals surface area contributed by atoms with Gasteiger partial charge in [0.1, 0.15) is 0 Å². The van der Waals surface area contributed by atoms with Gasteiger partial charge in [-0.25, -0.2) is 8.42 Å². The van der Waals surface area contributed by atoms with E-state index < -0.39 is 10.0 Å². The zero-order chi connectivity index (χ0) is 13.3. The summed E-state index contributed by atoms with van der Waals surface area (Å²) in [4.78, 5) is 1.37. The fraction of sp³-hybridized carbons (Fsp3) is 0.667. The Hall–Kier alpha value is -0.430. The molecule has 1 heterocycles. The van der Waals surface area contributed by atoms with E-state index in [2.05, 4.69) is 5.32 Å². The van der Waals surface area contributed by atoms with Crippen LogP contribution in [0.4, 0.5) is 0 Å². The molecule has 0 amide bonds. The molecule has 18 heavy (non-hydrogen) atoms. The topological polar surface area (TPSA) is 49.4 Å². The lowest BCUT2D eigenvalue weighted by Gasteiger charge is -2.21. The average Bonchev–Trinajstić information content (AvgIpc) is 3.01. The van der Waals surface area contributed by atoms with E-state index in [4.69, 9.17) is 0 Å². The predicted octanol–water partition coefficient (Wildman–Crippen LogP) is 2.03. The maximum absolute atomic E-state index is 12.4. The molecule has 6 heteroatoms. The van der Waals surface area contributed by atoms with Gasteiger partial charge < -0.3 is 5.32 Å². The monoisotopic (exact) mass is 288 g/mol. The standard InChI is InChI=1S/C12H20N2O2S2/c1-9(2)14(3)18(15,16)12-6-7-17-11(12)8-13-10-4-5-10/h6-7,9-10,13H,4-5,8H2,1-3H3. The van der Waals surface area contributed by atoms with Gasteiger partial charge in [-0.05, 0) is 38.1 Å². The summed E-state index contributed by atoms with van der Waals surface area (Å²) in [6.07, 6.45) is 2.42. The van der Waals surface area contributed by atoms with Gasteiger partial charge in [0.05, 0.1) is 4.90 Å². The zero-order valence-corrected chi connectivity index (χ0v) is 12.6. The molecular weight excluding hydrogens is 268 g/mol. The van der Waals surface area contributed by atoms with Crippen molar-refractivity contribution in [3.05, 3.63) is 16.3 Å². The van der Waals surface area contributed by atoms with Crippen LogP contribution in [0, 0.1) is 0 Å². The van der Waals surface area contributed by atoms with E-state index in [1.807, 2.05) is 19.2 Å². The summed E-state index contributed by atoms with van der Waals surface area (Å²) < 4.78 is 26.3. The van der Waals surface area contributed by atoms with Crippen LogP contribution in [-0.4, -0.2) is 31.9 Å². The predicted molar refractivity (Wildman–Crippen MR) is 74.3 cm³/mol. The zero-order valence-electron chi connectivity index (χ0n) is 11.0. The molecule has 1 fully saturated rings. The summed E-state index contributed by atoms with van der Waals surface area (Å²) in [5.41, 5.74) is 0. The number of nitrogens with one attached hydrogen (secondary N) is 1. The summed E-state index contributed by atoms with van der Waals surface area (Å²) in [6.45, 7) is 4.42. The van der Waals surface area contributed by atoms with Gasteiger partial charge in [0.2, 0.25) is 10.0 Å². The van der Waals surface area contributed by atoms with Crippen LogP contribution in [0.3, 0.4) is 0 Å². The average molecular weight is 288 g/mol. The van der Waals surface area contributed by atoms with Crippen LogP contribution in [0.25, 0.3) is 0 Å². The van der Waals surface area contributed by atoms with E-state index in [0.29, 0.717) is 17.5 Å². The summed E-state index contributed by atoms with van der Waals surface area (Å²) in [5.74, 6) is 0. The Kier molecular flexibility index (Phi) is 4.11. The van der Waals surface area contributed by atoms with Crippen LogP contribution in [-0.2, 0) is 16.6 Å². The summed E-state index contributed by atoms with van der Waals surface area (Å²) in [5, 5.41) is 5.22.